The lowest BCUT2D eigenvalue weighted by Crippen LogP contribution is -2.51. The van der Waals surface area contributed by atoms with Gasteiger partial charge in [0.25, 0.3) is 0 Å². The average molecular weight is 519 g/mol. The van der Waals surface area contributed by atoms with E-state index in [0.717, 1.165) is 22.6 Å². The van der Waals surface area contributed by atoms with Crippen molar-refractivity contribution in [2.45, 2.75) is 45.0 Å². The van der Waals surface area contributed by atoms with Gasteiger partial charge in [0, 0.05) is 37.4 Å². The number of hydrogen-bond donors (Lipinski definition) is 1. The van der Waals surface area contributed by atoms with Crippen molar-refractivity contribution in [1.29, 1.82) is 0 Å². The van der Waals surface area contributed by atoms with Crippen molar-refractivity contribution in [2.75, 3.05) is 19.4 Å². The molecule has 0 unspecified atom stereocenters. The van der Waals surface area contributed by atoms with Crippen molar-refractivity contribution in [3.05, 3.63) is 102 Å². The molecule has 2 amide bonds. The minimum Gasteiger partial charge on any atom is -0.497 e. The summed E-state index contributed by atoms with van der Waals surface area (Å²) >= 11 is 1.73. The van der Waals surface area contributed by atoms with Crippen molar-refractivity contribution in [2.24, 2.45) is 5.92 Å². The Morgan fingerprint density at radius 2 is 1.54 bits per heavy atom. The van der Waals surface area contributed by atoms with E-state index in [1.165, 1.54) is 5.56 Å². The van der Waals surface area contributed by atoms with Crippen LogP contribution in [0.15, 0.2) is 84.9 Å². The fourth-order valence-electron chi connectivity index (χ4n) is 4.01. The second kappa shape index (κ2) is 15.1. The largest absolute Gasteiger partial charge is 0.497 e. The van der Waals surface area contributed by atoms with E-state index in [4.69, 9.17) is 4.74 Å². The van der Waals surface area contributed by atoms with Crippen LogP contribution in [0.2, 0.25) is 0 Å². The Morgan fingerprint density at radius 1 is 0.892 bits per heavy atom. The third kappa shape index (κ3) is 9.62. The average Bonchev–Trinajstić information content (AvgIpc) is 2.92. The fraction of sp³-hybridized carbons (Fsp3) is 0.355. The lowest BCUT2D eigenvalue weighted by Gasteiger charge is -2.32. The summed E-state index contributed by atoms with van der Waals surface area (Å²) in [6.07, 6.45) is 0.821. The molecule has 0 aliphatic heterocycles. The number of nitrogens with one attached hydrogen (secondary N) is 1. The predicted molar refractivity (Wildman–Crippen MR) is 153 cm³/mol. The van der Waals surface area contributed by atoms with E-state index in [2.05, 4.69) is 31.3 Å². The van der Waals surface area contributed by atoms with E-state index < -0.39 is 6.04 Å². The van der Waals surface area contributed by atoms with Gasteiger partial charge in [-0.25, -0.2) is 0 Å². The van der Waals surface area contributed by atoms with Gasteiger partial charge in [0.15, 0.2) is 0 Å². The van der Waals surface area contributed by atoms with Crippen molar-refractivity contribution >= 4 is 23.6 Å². The van der Waals surface area contributed by atoms with Crippen molar-refractivity contribution < 1.29 is 14.3 Å². The zero-order chi connectivity index (χ0) is 26.5. The number of methoxy groups -OCH3 is 1. The van der Waals surface area contributed by atoms with Crippen LogP contribution in [0.5, 0.6) is 5.75 Å². The van der Waals surface area contributed by atoms with Crippen LogP contribution in [-0.4, -0.2) is 42.2 Å². The van der Waals surface area contributed by atoms with Crippen molar-refractivity contribution in [3.8, 4) is 5.75 Å². The predicted octanol–water partition coefficient (Wildman–Crippen LogP) is 5.73. The number of thioether (sulfide) groups is 1. The molecule has 0 aromatic heterocycles. The highest BCUT2D eigenvalue weighted by atomic mass is 32.2. The molecule has 1 N–H and O–H groups in total. The summed E-state index contributed by atoms with van der Waals surface area (Å²) in [4.78, 5) is 28.9. The zero-order valence-electron chi connectivity index (χ0n) is 22.1. The van der Waals surface area contributed by atoms with E-state index in [9.17, 15) is 9.59 Å². The van der Waals surface area contributed by atoms with E-state index in [1.54, 1.807) is 23.8 Å². The molecule has 37 heavy (non-hydrogen) atoms. The first-order chi connectivity index (χ1) is 18.0. The van der Waals surface area contributed by atoms with Crippen LogP contribution >= 0.6 is 11.8 Å². The topological polar surface area (TPSA) is 58.6 Å². The van der Waals surface area contributed by atoms with Gasteiger partial charge in [-0.05, 0) is 34.7 Å². The highest BCUT2D eigenvalue weighted by Gasteiger charge is 2.30. The molecular weight excluding hydrogens is 480 g/mol. The maximum atomic E-state index is 13.7. The Bertz CT molecular complexity index is 1110. The minimum atomic E-state index is -0.612. The molecule has 0 spiro atoms. The maximum Gasteiger partial charge on any atom is 0.243 e. The van der Waals surface area contributed by atoms with Gasteiger partial charge in [-0.2, -0.15) is 11.8 Å². The molecule has 3 aromatic rings. The monoisotopic (exact) mass is 518 g/mol. The van der Waals surface area contributed by atoms with Gasteiger partial charge in [0.05, 0.1) is 7.11 Å². The summed E-state index contributed by atoms with van der Waals surface area (Å²) in [6.45, 7) is 5.04. The highest BCUT2D eigenvalue weighted by Crippen LogP contribution is 2.20. The molecule has 3 rings (SSSR count). The van der Waals surface area contributed by atoms with Gasteiger partial charge in [-0.3, -0.25) is 9.59 Å². The first-order valence-corrected chi connectivity index (χ1v) is 14.0. The van der Waals surface area contributed by atoms with Gasteiger partial charge in [0.2, 0.25) is 11.8 Å². The third-order valence-electron chi connectivity index (χ3n) is 6.01. The Hall–Kier alpha value is -3.25. The van der Waals surface area contributed by atoms with Crippen molar-refractivity contribution in [1.82, 2.24) is 10.2 Å². The molecule has 3 aromatic carbocycles. The molecule has 0 saturated heterocycles. The first kappa shape index (κ1) is 28.3. The Morgan fingerprint density at radius 3 is 2.19 bits per heavy atom. The SMILES string of the molecule is COc1cccc(CN(C(=O)CCSCc2ccccc2)[C@H](Cc2ccccc2)C(=O)NCC(C)C)c1. The van der Waals surface area contributed by atoms with Gasteiger partial charge < -0.3 is 15.0 Å². The van der Waals surface area contributed by atoms with Gasteiger partial charge in [-0.1, -0.05) is 86.6 Å². The number of nitrogens with zero attached hydrogens (tertiary/aromatic N) is 1. The summed E-state index contributed by atoms with van der Waals surface area (Å²) in [5.74, 6) is 2.44. The van der Waals surface area contributed by atoms with Crippen molar-refractivity contribution in [3.63, 3.8) is 0 Å². The van der Waals surface area contributed by atoms with Crippen LogP contribution in [0.4, 0.5) is 0 Å². The number of carbonyl (C=O) groups is 2. The molecule has 5 nitrogen and oxygen atoms in total. The van der Waals surface area contributed by atoms with E-state index >= 15 is 0 Å². The second-order valence-corrected chi connectivity index (χ2v) is 10.6. The van der Waals surface area contributed by atoms with E-state index in [0.29, 0.717) is 37.6 Å². The molecule has 0 aliphatic rings. The Kier molecular flexibility index (Phi) is 11.6. The summed E-state index contributed by atoms with van der Waals surface area (Å²) in [5.41, 5.74) is 3.19. The fourth-order valence-corrected chi connectivity index (χ4v) is 4.90. The normalized spacial score (nSPS) is 11.7. The smallest absolute Gasteiger partial charge is 0.243 e. The number of hydrogen-bond acceptors (Lipinski definition) is 4. The van der Waals surface area contributed by atoms with E-state index in [-0.39, 0.29) is 11.8 Å². The minimum absolute atomic E-state index is 0.0241. The van der Waals surface area contributed by atoms with Crippen LogP contribution in [0.3, 0.4) is 0 Å². The molecule has 0 aliphatic carbocycles. The van der Waals surface area contributed by atoms with Crippen LogP contribution in [0.25, 0.3) is 0 Å². The maximum absolute atomic E-state index is 13.7. The van der Waals surface area contributed by atoms with Crippen LogP contribution < -0.4 is 10.1 Å². The zero-order valence-corrected chi connectivity index (χ0v) is 22.9. The molecule has 0 radical (unpaired) electrons. The molecule has 0 fully saturated rings. The number of carbonyl (C=O) groups excluding carboxylic acids is 2. The number of benzene rings is 3. The first-order valence-electron chi connectivity index (χ1n) is 12.8. The highest BCUT2D eigenvalue weighted by molar-refractivity contribution is 7.98. The summed E-state index contributed by atoms with van der Waals surface area (Å²) < 4.78 is 5.40. The Balaban J connectivity index is 1.81. The third-order valence-corrected chi connectivity index (χ3v) is 7.04. The van der Waals surface area contributed by atoms with Gasteiger partial charge in [-0.15, -0.1) is 0 Å². The molecule has 6 heteroatoms. The lowest BCUT2D eigenvalue weighted by molar-refractivity contribution is -0.141. The summed E-state index contributed by atoms with van der Waals surface area (Å²) in [6, 6.07) is 27.2. The number of ether oxygens (including phenoxy) is 1. The molecule has 0 bridgehead atoms. The molecule has 1 atom stereocenters. The van der Waals surface area contributed by atoms with Crippen LogP contribution in [-0.2, 0) is 28.3 Å². The summed E-state index contributed by atoms with van der Waals surface area (Å²) in [7, 11) is 1.63. The molecule has 0 heterocycles. The molecule has 196 valence electrons. The standard InChI is InChI=1S/C31H38N2O3S/c1-24(2)21-32-31(35)29(20-25-11-6-4-7-12-25)33(22-27-15-10-16-28(19-27)36-3)30(34)17-18-37-23-26-13-8-5-9-14-26/h4-16,19,24,29H,17-18,20-23H2,1-3H3,(H,32,35)/t29-/m1/s1. The number of rotatable bonds is 14. The number of amides is 2. The van der Waals surface area contributed by atoms with Gasteiger partial charge in [0.1, 0.15) is 11.8 Å². The lowest BCUT2D eigenvalue weighted by atomic mass is 10.0. The molecular formula is C31H38N2O3S. The molecule has 0 saturated carbocycles. The Labute approximate surface area is 225 Å². The van der Waals surface area contributed by atoms with Crippen LogP contribution in [0, 0.1) is 5.92 Å². The second-order valence-electron chi connectivity index (χ2n) is 9.51. The van der Waals surface area contributed by atoms with E-state index in [1.807, 2.05) is 72.8 Å². The van der Waals surface area contributed by atoms with Crippen LogP contribution in [0.1, 0.15) is 37.0 Å². The van der Waals surface area contributed by atoms with Gasteiger partial charge >= 0.3 is 0 Å². The quantitative estimate of drug-likeness (QED) is 0.277. The summed E-state index contributed by atoms with van der Waals surface area (Å²) in [5, 5.41) is 3.07.